The van der Waals surface area contributed by atoms with Gasteiger partial charge in [-0.05, 0) is 55.5 Å². The Kier molecular flexibility index (Phi) is 4.68. The molecule has 25 heavy (non-hydrogen) atoms. The molecule has 0 saturated carbocycles. The zero-order valence-electron chi connectivity index (χ0n) is 14.4. The Hall–Kier alpha value is -1.98. The molecule has 2 heterocycles. The summed E-state index contributed by atoms with van der Waals surface area (Å²) in [6.07, 6.45) is 4.21. The van der Waals surface area contributed by atoms with Crippen LogP contribution in [-0.2, 0) is 6.54 Å². The fourth-order valence-electron chi connectivity index (χ4n) is 3.70. The zero-order chi connectivity index (χ0) is 17.2. The quantitative estimate of drug-likeness (QED) is 0.660. The van der Waals surface area contributed by atoms with Crippen molar-refractivity contribution in [2.75, 3.05) is 19.3 Å². The Morgan fingerprint density at radius 2 is 1.96 bits per heavy atom. The molecule has 1 fully saturated rings. The van der Waals surface area contributed by atoms with Crippen LogP contribution in [0.25, 0.3) is 11.1 Å². The summed E-state index contributed by atoms with van der Waals surface area (Å²) in [4.78, 5) is 16.1. The number of aromatic nitrogens is 1. The molecule has 1 saturated heterocycles. The first kappa shape index (κ1) is 16.5. The number of para-hydroxylation sites is 2. The summed E-state index contributed by atoms with van der Waals surface area (Å²) < 4.78 is 7.26. The second-order valence-corrected chi connectivity index (χ2v) is 7.46. The number of piperidine rings is 1. The standard InChI is InChI=1S/C20H22N2O2S/c1-25-17-10-8-15(9-11-17)13-21-12-4-5-16(14-21)22-18-6-2-3-7-19(18)24-20(22)23/h2-3,6-11,16H,4-5,12-14H2,1H3/t16-/m1/s1. The van der Waals surface area contributed by atoms with Crippen LogP contribution in [0.5, 0.6) is 0 Å². The van der Waals surface area contributed by atoms with Gasteiger partial charge in [-0.2, -0.15) is 0 Å². The number of thioether (sulfide) groups is 1. The molecule has 0 radical (unpaired) electrons. The minimum Gasteiger partial charge on any atom is -0.408 e. The molecule has 0 unspecified atom stereocenters. The van der Waals surface area contributed by atoms with Crippen LogP contribution in [0.15, 0.2) is 62.6 Å². The Bertz CT molecular complexity index is 913. The van der Waals surface area contributed by atoms with Gasteiger partial charge in [0, 0.05) is 18.0 Å². The van der Waals surface area contributed by atoms with E-state index in [1.807, 2.05) is 28.8 Å². The number of oxazole rings is 1. The molecule has 0 N–H and O–H groups in total. The van der Waals surface area contributed by atoms with Crippen LogP contribution in [0.1, 0.15) is 24.4 Å². The Morgan fingerprint density at radius 1 is 1.16 bits per heavy atom. The number of fused-ring (bicyclic) bond motifs is 1. The van der Waals surface area contributed by atoms with Gasteiger partial charge >= 0.3 is 5.76 Å². The van der Waals surface area contributed by atoms with Crippen molar-refractivity contribution in [2.24, 2.45) is 0 Å². The highest BCUT2D eigenvalue weighted by atomic mass is 32.2. The lowest BCUT2D eigenvalue weighted by Crippen LogP contribution is -2.38. The van der Waals surface area contributed by atoms with Crippen molar-refractivity contribution >= 4 is 22.9 Å². The second kappa shape index (κ2) is 7.10. The van der Waals surface area contributed by atoms with Crippen LogP contribution in [0.4, 0.5) is 0 Å². The summed E-state index contributed by atoms with van der Waals surface area (Å²) in [6, 6.07) is 16.6. The molecule has 1 aliphatic rings. The number of hydrogen-bond acceptors (Lipinski definition) is 4. The third kappa shape index (κ3) is 3.39. The average Bonchev–Trinajstić information content (AvgIpc) is 2.98. The highest BCUT2D eigenvalue weighted by Gasteiger charge is 2.25. The Labute approximate surface area is 151 Å². The van der Waals surface area contributed by atoms with Gasteiger partial charge in [-0.25, -0.2) is 4.79 Å². The van der Waals surface area contributed by atoms with E-state index < -0.39 is 0 Å². The summed E-state index contributed by atoms with van der Waals surface area (Å²) in [7, 11) is 0. The summed E-state index contributed by atoms with van der Waals surface area (Å²) in [5.74, 6) is -0.239. The van der Waals surface area contributed by atoms with Crippen molar-refractivity contribution in [1.29, 1.82) is 0 Å². The van der Waals surface area contributed by atoms with Crippen LogP contribution in [0.2, 0.25) is 0 Å². The minimum absolute atomic E-state index is 0.176. The van der Waals surface area contributed by atoms with Gasteiger partial charge in [0.2, 0.25) is 0 Å². The van der Waals surface area contributed by atoms with E-state index in [0.717, 1.165) is 38.0 Å². The Balaban J connectivity index is 1.54. The average molecular weight is 354 g/mol. The van der Waals surface area contributed by atoms with Gasteiger partial charge < -0.3 is 4.42 Å². The smallest absolute Gasteiger partial charge is 0.408 e. The predicted molar refractivity (Wildman–Crippen MR) is 102 cm³/mol. The molecule has 2 aromatic carbocycles. The van der Waals surface area contributed by atoms with Crippen molar-refractivity contribution in [1.82, 2.24) is 9.47 Å². The topological polar surface area (TPSA) is 38.4 Å². The first-order valence-electron chi connectivity index (χ1n) is 8.70. The lowest BCUT2D eigenvalue weighted by Gasteiger charge is -2.33. The van der Waals surface area contributed by atoms with Gasteiger partial charge in [-0.3, -0.25) is 9.47 Å². The van der Waals surface area contributed by atoms with Crippen LogP contribution in [-0.4, -0.2) is 28.8 Å². The van der Waals surface area contributed by atoms with Crippen LogP contribution in [0, 0.1) is 0 Å². The summed E-state index contributed by atoms with van der Waals surface area (Å²) in [5.41, 5.74) is 2.91. The maximum absolute atomic E-state index is 12.3. The van der Waals surface area contributed by atoms with Crippen molar-refractivity contribution in [2.45, 2.75) is 30.3 Å². The molecular weight excluding hydrogens is 332 g/mol. The van der Waals surface area contributed by atoms with E-state index >= 15 is 0 Å². The first-order valence-corrected chi connectivity index (χ1v) is 9.92. The summed E-state index contributed by atoms with van der Waals surface area (Å²) in [5, 5.41) is 0. The summed E-state index contributed by atoms with van der Waals surface area (Å²) >= 11 is 1.76. The predicted octanol–water partition coefficient (Wildman–Crippen LogP) is 4.15. The molecule has 4 nitrogen and oxygen atoms in total. The molecule has 1 aliphatic heterocycles. The molecule has 0 spiro atoms. The maximum Gasteiger partial charge on any atom is 0.420 e. The highest BCUT2D eigenvalue weighted by Crippen LogP contribution is 2.26. The maximum atomic E-state index is 12.3. The van der Waals surface area contributed by atoms with Crippen molar-refractivity contribution in [3.05, 3.63) is 64.6 Å². The molecule has 0 amide bonds. The van der Waals surface area contributed by atoms with E-state index in [1.165, 1.54) is 10.5 Å². The highest BCUT2D eigenvalue weighted by molar-refractivity contribution is 7.98. The Morgan fingerprint density at radius 3 is 2.76 bits per heavy atom. The van der Waals surface area contributed by atoms with Crippen LogP contribution < -0.4 is 5.76 Å². The SMILES string of the molecule is CSc1ccc(CN2CCC[C@@H](n3c(=O)oc4ccccc43)C2)cc1. The fourth-order valence-corrected chi connectivity index (χ4v) is 4.11. The molecule has 0 aliphatic carbocycles. The molecule has 130 valence electrons. The van der Waals surface area contributed by atoms with Gasteiger partial charge in [-0.15, -0.1) is 11.8 Å². The van der Waals surface area contributed by atoms with E-state index in [4.69, 9.17) is 4.42 Å². The fraction of sp³-hybridized carbons (Fsp3) is 0.350. The number of benzene rings is 2. The molecule has 1 atom stereocenters. The second-order valence-electron chi connectivity index (χ2n) is 6.58. The largest absolute Gasteiger partial charge is 0.420 e. The molecule has 0 bridgehead atoms. The van der Waals surface area contributed by atoms with E-state index in [1.54, 1.807) is 11.8 Å². The molecular formula is C20H22N2O2S. The van der Waals surface area contributed by atoms with Gasteiger partial charge in [0.1, 0.15) is 0 Å². The van der Waals surface area contributed by atoms with Crippen molar-refractivity contribution < 1.29 is 4.42 Å². The van der Waals surface area contributed by atoms with Crippen molar-refractivity contribution in [3.63, 3.8) is 0 Å². The number of rotatable bonds is 4. The van der Waals surface area contributed by atoms with Gasteiger partial charge in [0.25, 0.3) is 0 Å². The van der Waals surface area contributed by atoms with E-state index in [0.29, 0.717) is 5.58 Å². The molecule has 3 aromatic rings. The lowest BCUT2D eigenvalue weighted by atomic mass is 10.0. The molecule has 1 aromatic heterocycles. The zero-order valence-corrected chi connectivity index (χ0v) is 15.2. The van der Waals surface area contributed by atoms with E-state index in [2.05, 4.69) is 35.4 Å². The third-order valence-electron chi connectivity index (χ3n) is 4.93. The summed E-state index contributed by atoms with van der Waals surface area (Å²) in [6.45, 7) is 2.88. The third-order valence-corrected chi connectivity index (χ3v) is 5.67. The van der Waals surface area contributed by atoms with E-state index in [-0.39, 0.29) is 11.8 Å². The molecule has 5 heteroatoms. The molecule has 4 rings (SSSR count). The number of nitrogens with zero attached hydrogens (tertiary/aromatic N) is 2. The van der Waals surface area contributed by atoms with E-state index in [9.17, 15) is 4.79 Å². The first-order chi connectivity index (χ1) is 12.2. The van der Waals surface area contributed by atoms with Gasteiger partial charge in [0.05, 0.1) is 11.6 Å². The number of hydrogen-bond donors (Lipinski definition) is 0. The van der Waals surface area contributed by atoms with Crippen LogP contribution in [0.3, 0.4) is 0 Å². The van der Waals surface area contributed by atoms with Crippen molar-refractivity contribution in [3.8, 4) is 0 Å². The minimum atomic E-state index is -0.239. The van der Waals surface area contributed by atoms with Gasteiger partial charge in [0.15, 0.2) is 5.58 Å². The normalized spacial score (nSPS) is 18.7. The number of likely N-dealkylation sites (tertiary alicyclic amines) is 1. The van der Waals surface area contributed by atoms with Crippen LogP contribution >= 0.6 is 11.8 Å². The van der Waals surface area contributed by atoms with Gasteiger partial charge in [-0.1, -0.05) is 24.3 Å². The lowest BCUT2D eigenvalue weighted by molar-refractivity contribution is 0.168. The monoisotopic (exact) mass is 354 g/mol.